The fraction of sp³-hybridized carbons (Fsp3) is 0.333. The Morgan fingerprint density at radius 2 is 1.09 bits per heavy atom. The van der Waals surface area contributed by atoms with Crippen LogP contribution in [0.15, 0.2) is 48.5 Å². The van der Waals surface area contributed by atoms with Crippen molar-refractivity contribution in [1.29, 1.82) is 0 Å². The highest BCUT2D eigenvalue weighted by Crippen LogP contribution is 2.56. The largest absolute Gasteiger partial charge is 0.508 e. The van der Waals surface area contributed by atoms with Crippen LogP contribution in [0.1, 0.15) is 36.8 Å². The minimum Gasteiger partial charge on any atom is -0.508 e. The summed E-state index contributed by atoms with van der Waals surface area (Å²) >= 11 is 13.6. The fourth-order valence-electron chi connectivity index (χ4n) is 3.50. The molecule has 1 aliphatic rings. The summed E-state index contributed by atoms with van der Waals surface area (Å²) in [5, 5.41) is 19.2. The number of rotatable bonds is 2. The van der Waals surface area contributed by atoms with Crippen molar-refractivity contribution in [3.63, 3.8) is 0 Å². The maximum absolute atomic E-state index is 9.58. The van der Waals surface area contributed by atoms with E-state index >= 15 is 0 Å². The number of hydrogen-bond acceptors (Lipinski definition) is 2. The van der Waals surface area contributed by atoms with Crippen molar-refractivity contribution in [2.75, 3.05) is 0 Å². The summed E-state index contributed by atoms with van der Waals surface area (Å²) in [6.07, 6.45) is 3.56. The van der Waals surface area contributed by atoms with Gasteiger partial charge in [0, 0.05) is 0 Å². The van der Waals surface area contributed by atoms with E-state index in [2.05, 4.69) is 0 Å². The molecule has 2 aromatic rings. The van der Waals surface area contributed by atoms with Crippen molar-refractivity contribution in [2.45, 2.75) is 35.4 Å². The molecule has 116 valence electrons. The van der Waals surface area contributed by atoms with Gasteiger partial charge in [-0.1, -0.05) is 37.1 Å². The first-order valence-electron chi connectivity index (χ1n) is 7.43. The molecule has 1 fully saturated rings. The van der Waals surface area contributed by atoms with Gasteiger partial charge in [-0.15, -0.1) is 23.2 Å². The summed E-state index contributed by atoms with van der Waals surface area (Å²) in [5.41, 5.74) is 1.43. The number of hydrogen-bond donors (Lipinski definition) is 2. The van der Waals surface area contributed by atoms with Gasteiger partial charge in [0.1, 0.15) is 15.8 Å². The van der Waals surface area contributed by atoms with Gasteiger partial charge in [0.2, 0.25) is 0 Å². The first-order valence-corrected chi connectivity index (χ1v) is 8.18. The molecule has 0 atom stereocenters. The molecule has 0 aromatic heterocycles. The van der Waals surface area contributed by atoms with Crippen LogP contribution in [0.5, 0.6) is 11.5 Å². The molecule has 0 aliphatic heterocycles. The molecule has 0 amide bonds. The van der Waals surface area contributed by atoms with Gasteiger partial charge in [0.05, 0.1) is 5.41 Å². The van der Waals surface area contributed by atoms with Crippen LogP contribution in [0.2, 0.25) is 0 Å². The second kappa shape index (κ2) is 5.68. The molecule has 2 N–H and O–H groups in total. The van der Waals surface area contributed by atoms with Crippen molar-refractivity contribution in [1.82, 2.24) is 0 Å². The standard InChI is InChI=1S/C18H18Cl2O2/c19-18(20)12-2-1-11-17(18,13-3-7-15(21)8-4-13)14-5-9-16(22)10-6-14/h3-10,21-22H,1-2,11-12H2. The summed E-state index contributed by atoms with van der Waals surface area (Å²) in [4.78, 5) is 0. The van der Waals surface area contributed by atoms with Gasteiger partial charge in [0.25, 0.3) is 0 Å². The van der Waals surface area contributed by atoms with Crippen LogP contribution in [0.4, 0.5) is 0 Å². The molecule has 0 spiro atoms. The second-order valence-electron chi connectivity index (χ2n) is 5.91. The Balaban J connectivity index is 2.21. The van der Waals surface area contributed by atoms with E-state index in [4.69, 9.17) is 23.2 Å². The van der Waals surface area contributed by atoms with Crippen LogP contribution in [-0.4, -0.2) is 14.5 Å². The van der Waals surface area contributed by atoms with Gasteiger partial charge < -0.3 is 10.2 Å². The van der Waals surface area contributed by atoms with E-state index in [0.717, 1.165) is 30.4 Å². The van der Waals surface area contributed by atoms with Crippen LogP contribution >= 0.6 is 23.2 Å². The molecule has 1 aliphatic carbocycles. The number of phenolic OH excluding ortho intramolecular Hbond substituents is 2. The maximum Gasteiger partial charge on any atom is 0.131 e. The summed E-state index contributed by atoms with van der Waals surface area (Å²) in [6.45, 7) is 0. The molecule has 1 saturated carbocycles. The Labute approximate surface area is 140 Å². The molecule has 3 rings (SSSR count). The minimum atomic E-state index is -0.931. The Bertz CT molecular complexity index is 602. The van der Waals surface area contributed by atoms with Crippen molar-refractivity contribution in [3.8, 4) is 11.5 Å². The molecule has 0 radical (unpaired) electrons. The molecular weight excluding hydrogens is 319 g/mol. The van der Waals surface area contributed by atoms with Crippen molar-refractivity contribution in [3.05, 3.63) is 59.7 Å². The van der Waals surface area contributed by atoms with Gasteiger partial charge in [-0.25, -0.2) is 0 Å². The van der Waals surface area contributed by atoms with Crippen LogP contribution < -0.4 is 0 Å². The number of benzene rings is 2. The molecule has 4 heteroatoms. The van der Waals surface area contributed by atoms with Gasteiger partial charge in [0.15, 0.2) is 0 Å². The molecule has 0 heterocycles. The molecule has 0 bridgehead atoms. The lowest BCUT2D eigenvalue weighted by Gasteiger charge is -2.47. The predicted molar refractivity (Wildman–Crippen MR) is 89.9 cm³/mol. The quantitative estimate of drug-likeness (QED) is 0.746. The normalized spacial score (nSPS) is 19.7. The molecule has 22 heavy (non-hydrogen) atoms. The van der Waals surface area contributed by atoms with E-state index in [1.807, 2.05) is 24.3 Å². The average Bonchev–Trinajstić information content (AvgIpc) is 2.49. The fourth-order valence-corrected chi connectivity index (χ4v) is 4.40. The van der Waals surface area contributed by atoms with Gasteiger partial charge in [-0.2, -0.15) is 0 Å². The third kappa shape index (κ3) is 2.45. The molecule has 0 saturated heterocycles. The van der Waals surface area contributed by atoms with Crippen LogP contribution in [0.3, 0.4) is 0 Å². The Kier molecular flexibility index (Phi) is 4.00. The highest BCUT2D eigenvalue weighted by atomic mass is 35.5. The Morgan fingerprint density at radius 1 is 0.682 bits per heavy atom. The minimum absolute atomic E-state index is 0.218. The lowest BCUT2D eigenvalue weighted by Crippen LogP contribution is -2.47. The van der Waals surface area contributed by atoms with E-state index < -0.39 is 9.75 Å². The third-order valence-corrected chi connectivity index (χ3v) is 5.66. The smallest absolute Gasteiger partial charge is 0.131 e. The SMILES string of the molecule is Oc1ccc(C2(c3ccc(O)cc3)CCCCC2(Cl)Cl)cc1. The summed E-state index contributed by atoms with van der Waals surface area (Å²) in [7, 11) is 0. The van der Waals surface area contributed by atoms with Crippen molar-refractivity contribution in [2.24, 2.45) is 0 Å². The van der Waals surface area contributed by atoms with Crippen molar-refractivity contribution >= 4 is 23.2 Å². The topological polar surface area (TPSA) is 40.5 Å². The second-order valence-corrected chi connectivity index (χ2v) is 7.39. The third-order valence-electron chi connectivity index (χ3n) is 4.64. The van der Waals surface area contributed by atoms with Crippen LogP contribution in [-0.2, 0) is 5.41 Å². The lowest BCUT2D eigenvalue weighted by molar-refractivity contribution is 0.323. The van der Waals surface area contributed by atoms with E-state index in [-0.39, 0.29) is 11.5 Å². The predicted octanol–water partition coefficient (Wildman–Crippen LogP) is 5.13. The zero-order chi connectivity index (χ0) is 15.8. The molecule has 0 unspecified atom stereocenters. The first kappa shape index (κ1) is 15.5. The van der Waals surface area contributed by atoms with Gasteiger partial charge >= 0.3 is 0 Å². The number of phenols is 2. The number of alkyl halides is 2. The summed E-state index contributed by atoms with van der Waals surface area (Å²) in [5.74, 6) is 0.435. The van der Waals surface area contributed by atoms with E-state index in [1.165, 1.54) is 0 Å². The zero-order valence-electron chi connectivity index (χ0n) is 12.1. The van der Waals surface area contributed by atoms with Gasteiger partial charge in [-0.05, 0) is 48.2 Å². The molecule has 2 nitrogen and oxygen atoms in total. The molecule has 2 aromatic carbocycles. The lowest BCUT2D eigenvalue weighted by atomic mass is 9.64. The van der Waals surface area contributed by atoms with Crippen LogP contribution in [0.25, 0.3) is 0 Å². The monoisotopic (exact) mass is 336 g/mol. The zero-order valence-corrected chi connectivity index (χ0v) is 13.6. The first-order chi connectivity index (χ1) is 10.5. The van der Waals surface area contributed by atoms with Crippen LogP contribution in [0, 0.1) is 0 Å². The maximum atomic E-state index is 9.58. The Hall–Kier alpha value is -1.38. The van der Waals surface area contributed by atoms with E-state index in [9.17, 15) is 10.2 Å². The van der Waals surface area contributed by atoms with E-state index in [1.54, 1.807) is 24.3 Å². The van der Waals surface area contributed by atoms with Gasteiger partial charge in [-0.3, -0.25) is 0 Å². The highest BCUT2D eigenvalue weighted by Gasteiger charge is 2.52. The molecular formula is C18H18Cl2O2. The Morgan fingerprint density at radius 3 is 1.50 bits per heavy atom. The van der Waals surface area contributed by atoms with E-state index in [0.29, 0.717) is 6.42 Å². The summed E-state index contributed by atoms with van der Waals surface area (Å²) in [6, 6.07) is 14.2. The number of halogens is 2. The van der Waals surface area contributed by atoms with Crippen molar-refractivity contribution < 1.29 is 10.2 Å². The average molecular weight is 337 g/mol. The number of aromatic hydroxyl groups is 2. The highest BCUT2D eigenvalue weighted by molar-refractivity contribution is 6.49. The summed E-state index contributed by atoms with van der Waals surface area (Å²) < 4.78 is -0.931.